The van der Waals surface area contributed by atoms with E-state index in [1.54, 1.807) is 24.3 Å². The van der Waals surface area contributed by atoms with Crippen molar-refractivity contribution >= 4 is 36.6 Å². The predicted molar refractivity (Wildman–Crippen MR) is 510 cm³/mol. The number of nitrogens with zero attached hydrogens (tertiary/aromatic N) is 1. The summed E-state index contributed by atoms with van der Waals surface area (Å²) in [5.74, 6) is -2.72. The summed E-state index contributed by atoms with van der Waals surface area (Å²) in [7, 11) is -3.70. The summed E-state index contributed by atoms with van der Waals surface area (Å²) in [6, 6.07) is 104. The molecule has 0 bridgehead atoms. The highest BCUT2D eigenvalue weighted by Crippen LogP contribution is 2.47. The fourth-order valence-electron chi connectivity index (χ4n) is 19.0. The van der Waals surface area contributed by atoms with E-state index in [1.807, 2.05) is 307 Å². The second-order valence-electron chi connectivity index (χ2n) is 36.6. The van der Waals surface area contributed by atoms with Crippen molar-refractivity contribution < 1.29 is 104 Å². The first-order valence-electron chi connectivity index (χ1n) is 47.2. The molecule has 0 saturated carbocycles. The zero-order valence-electron chi connectivity index (χ0n) is 77.8. The highest BCUT2D eigenvalue weighted by Gasteiger charge is 2.64. The summed E-state index contributed by atoms with van der Waals surface area (Å²) >= 11 is 0. The van der Waals surface area contributed by atoms with Crippen molar-refractivity contribution in [2.45, 2.75) is 241 Å². The minimum absolute atomic E-state index is 0.00335. The molecule has 712 valence electrons. The van der Waals surface area contributed by atoms with Gasteiger partial charge < -0.3 is 95.0 Å². The van der Waals surface area contributed by atoms with Crippen LogP contribution in [0.2, 0.25) is 5.04 Å². The SMILES string of the molecule is C[C@@H]1O[C@@H](O[C@H]2[C@H](O[C@H]3[C@H](O[C@@H]4O[C@@H](C)[C@@H](OCc5ccccc5)[C@@H](OCc5ccccc5)[C@@H]4OCc4ccccc4)[C@@H](N4C(=O)c5ccccc5C4=O)[C@H](OCCCNC(=O)OCc4ccccc4)O[C@@H]3CO[Si](c3ccccc3)(c3ccccc3)C(C)(C)C)O[C@H](COCc3ccccc3)[C@@H]3OC(C)(C)O[C@@H]32)[C@@H](OCc2ccccc2)[C@H](OCc2ccccc2)[C@@H]1OCc1ccccc1. The fraction of sp³-hybridized carbons (Fsp3) is 0.378. The van der Waals surface area contributed by atoms with Gasteiger partial charge in [-0.05, 0) is 106 Å². The molecule has 136 heavy (non-hydrogen) atoms. The topological polar surface area (TPSA) is 242 Å². The molecule has 6 aliphatic heterocycles. The second-order valence-corrected chi connectivity index (χ2v) is 40.9. The third-order valence-electron chi connectivity index (χ3n) is 25.6. The van der Waals surface area contributed by atoms with Gasteiger partial charge in [0.1, 0.15) is 92.0 Å². The Hall–Kier alpha value is -10.7. The molecule has 0 spiro atoms. The number of rotatable bonds is 41. The highest BCUT2D eigenvalue weighted by atomic mass is 28.4. The number of ether oxygens (including phenoxy) is 18. The van der Waals surface area contributed by atoms with E-state index in [0.29, 0.717) is 0 Å². The smallest absolute Gasteiger partial charge is 0.407 e. The molecule has 1 N–H and O–H groups in total. The third-order valence-corrected chi connectivity index (χ3v) is 30.6. The first-order chi connectivity index (χ1) is 66.4. The number of benzene rings is 11. The van der Waals surface area contributed by atoms with Crippen LogP contribution in [0.1, 0.15) is 120 Å². The maximum absolute atomic E-state index is 16.4. The Morgan fingerprint density at radius 2 is 0.699 bits per heavy atom. The lowest BCUT2D eigenvalue weighted by molar-refractivity contribution is -0.395. The van der Waals surface area contributed by atoms with Crippen molar-refractivity contribution in [3.63, 3.8) is 0 Å². The molecule has 0 unspecified atom stereocenters. The van der Waals surface area contributed by atoms with Gasteiger partial charge >= 0.3 is 6.09 Å². The summed E-state index contributed by atoms with van der Waals surface area (Å²) in [5.41, 5.74) is 7.16. The van der Waals surface area contributed by atoms with Gasteiger partial charge in [-0.3, -0.25) is 14.5 Å². The van der Waals surface area contributed by atoms with Gasteiger partial charge in [0.15, 0.2) is 30.9 Å². The Morgan fingerprint density at radius 1 is 0.360 bits per heavy atom. The zero-order valence-corrected chi connectivity index (χ0v) is 78.8. The lowest BCUT2D eigenvalue weighted by Crippen LogP contribution is -2.72. The van der Waals surface area contributed by atoms with E-state index in [0.717, 1.165) is 59.8 Å². The molecule has 24 nitrogen and oxygen atoms in total. The van der Waals surface area contributed by atoms with E-state index in [-0.39, 0.29) is 96.8 Å². The number of fused-ring (bicyclic) bond motifs is 2. The second kappa shape index (κ2) is 46.2. The number of carbonyl (C=O) groups excluding carboxylic acids is 3. The van der Waals surface area contributed by atoms with Crippen LogP contribution >= 0.6 is 0 Å². The van der Waals surface area contributed by atoms with Crippen LogP contribution < -0.4 is 15.7 Å². The van der Waals surface area contributed by atoms with E-state index < -0.39 is 160 Å². The summed E-state index contributed by atoms with van der Waals surface area (Å²) in [6.45, 7) is 14.4. The van der Waals surface area contributed by atoms with Crippen LogP contribution in [-0.4, -0.2) is 186 Å². The van der Waals surface area contributed by atoms with Crippen LogP contribution in [0, 0.1) is 0 Å². The van der Waals surface area contributed by atoms with E-state index in [2.05, 4.69) is 50.4 Å². The number of carbonyl (C=O) groups is 3. The van der Waals surface area contributed by atoms with Crippen molar-refractivity contribution in [3.8, 4) is 0 Å². The summed E-state index contributed by atoms with van der Waals surface area (Å²) < 4.78 is 141. The van der Waals surface area contributed by atoms with Crippen LogP contribution in [-0.2, 0) is 143 Å². The quantitative estimate of drug-likeness (QED) is 0.0213. The number of alkyl carbamates (subject to hydrolysis) is 1. The van der Waals surface area contributed by atoms with E-state index in [4.69, 9.17) is 89.7 Å². The maximum Gasteiger partial charge on any atom is 0.407 e. The average Bonchev–Trinajstić information content (AvgIpc) is 1.36. The Balaban J connectivity index is 0.851. The molecular formula is C111H122N2O22Si. The molecular weight excluding hydrogens is 1740 g/mol. The number of hydrogen-bond donors (Lipinski definition) is 1. The van der Waals surface area contributed by atoms with Crippen LogP contribution in [0.25, 0.3) is 0 Å². The zero-order chi connectivity index (χ0) is 93.8. The summed E-state index contributed by atoms with van der Waals surface area (Å²) in [6.07, 6.45) is -23.4. The largest absolute Gasteiger partial charge is 0.445 e. The predicted octanol–water partition coefficient (Wildman–Crippen LogP) is 16.9. The Labute approximate surface area is 797 Å². The van der Waals surface area contributed by atoms with Gasteiger partial charge in [0, 0.05) is 6.54 Å². The van der Waals surface area contributed by atoms with E-state index >= 15 is 9.59 Å². The molecule has 11 aromatic rings. The van der Waals surface area contributed by atoms with E-state index in [1.165, 1.54) is 0 Å². The molecule has 6 aliphatic rings. The van der Waals surface area contributed by atoms with Crippen LogP contribution in [0.5, 0.6) is 0 Å². The van der Waals surface area contributed by atoms with Gasteiger partial charge in [0.25, 0.3) is 20.1 Å². The first kappa shape index (κ1) is 97.0. The number of imide groups is 1. The molecule has 11 aromatic carbocycles. The van der Waals surface area contributed by atoms with Gasteiger partial charge in [-0.25, -0.2) is 4.79 Å². The van der Waals surface area contributed by atoms with Gasteiger partial charge in [0.05, 0.1) is 89.4 Å². The van der Waals surface area contributed by atoms with Crippen molar-refractivity contribution in [3.05, 3.63) is 383 Å². The lowest BCUT2D eigenvalue weighted by Gasteiger charge is -2.53. The first-order valence-corrected chi connectivity index (χ1v) is 49.1. The number of amides is 3. The van der Waals surface area contributed by atoms with Gasteiger partial charge in [-0.2, -0.15) is 0 Å². The molecule has 5 saturated heterocycles. The van der Waals surface area contributed by atoms with Crippen molar-refractivity contribution in [1.82, 2.24) is 10.2 Å². The number of nitrogens with one attached hydrogen (secondary N) is 1. The normalized spacial score (nSPS) is 26.6. The molecule has 0 aliphatic carbocycles. The standard InChI is InChI=1S/C111H122N2O22Si/c1-75-92(119-66-78-43-20-9-21-44-78)97(121-68-80-47-24-11-25-48-80)100(123-70-82-51-28-13-29-52-82)106(127-75)132-96-91(113-103(114)87-61-38-39-62-88(87)104(113)115)105(118-64-40-63-112-109(116)125-72-84-55-32-15-33-56-84)129-90(74-126-136(110(3,4)5,85-57-34-16-35-58-85)86-59-36-17-37-60-86)94(96)131-108-102(99-95(134-111(6,7)135-99)89(130-108)73-117-65-77-41-18-8-19-42-77)133-107-101(124-71-83-53-30-14-31-54-83)98(122-69-81-49-26-12-27-50-81)93(76(2)128-107)120-67-79-45-22-10-23-46-79/h8-39,41-62,75-76,89-102,105-108H,40,63-74H2,1-7H3,(H,112,116)/t75-,76-,89+,90+,91+,92+,93+,94+,95-,96+,97+,98+,99-,100-,101-,102+,105+,106-,107-,108-/m0/s1. The highest BCUT2D eigenvalue weighted by molar-refractivity contribution is 6.99. The minimum atomic E-state index is -3.70. The minimum Gasteiger partial charge on any atom is -0.445 e. The fourth-order valence-corrected chi connectivity index (χ4v) is 23.5. The average molecular weight is 1860 g/mol. The van der Waals surface area contributed by atoms with Crippen molar-refractivity contribution in [1.29, 1.82) is 0 Å². The maximum atomic E-state index is 16.4. The molecule has 17 rings (SSSR count). The molecule has 20 atom stereocenters. The van der Waals surface area contributed by atoms with Gasteiger partial charge in [-0.15, -0.1) is 0 Å². The van der Waals surface area contributed by atoms with Crippen molar-refractivity contribution in [2.75, 3.05) is 26.4 Å². The Morgan fingerprint density at radius 3 is 1.11 bits per heavy atom. The van der Waals surface area contributed by atoms with E-state index in [9.17, 15) is 4.79 Å². The Bertz CT molecular complexity index is 5450. The number of hydrogen-bond acceptors (Lipinski definition) is 22. The molecule has 0 radical (unpaired) electrons. The summed E-state index contributed by atoms with van der Waals surface area (Å²) in [4.78, 5) is 47.7. The molecule has 6 heterocycles. The van der Waals surface area contributed by atoms with Gasteiger partial charge in [0.2, 0.25) is 0 Å². The molecule has 25 heteroatoms. The molecule has 0 aromatic heterocycles. The van der Waals surface area contributed by atoms with Gasteiger partial charge in [-0.1, -0.05) is 336 Å². The van der Waals surface area contributed by atoms with Crippen LogP contribution in [0.15, 0.2) is 328 Å². The third kappa shape index (κ3) is 23.8. The summed E-state index contributed by atoms with van der Waals surface area (Å²) in [5, 5.41) is 4.12. The van der Waals surface area contributed by atoms with Crippen LogP contribution in [0.3, 0.4) is 0 Å². The monoisotopic (exact) mass is 1860 g/mol. The Kier molecular flexibility index (Phi) is 32.9. The molecule has 3 amide bonds. The van der Waals surface area contributed by atoms with Crippen LogP contribution in [0.4, 0.5) is 4.79 Å². The lowest BCUT2D eigenvalue weighted by atomic mass is 9.93. The van der Waals surface area contributed by atoms with Crippen molar-refractivity contribution in [2.24, 2.45) is 0 Å². The molecule has 5 fully saturated rings.